The van der Waals surface area contributed by atoms with Crippen LogP contribution in [0.1, 0.15) is 18.2 Å². The van der Waals surface area contributed by atoms with Crippen LogP contribution in [0, 0.1) is 0 Å². The normalized spacial score (nSPS) is 12.4. The van der Waals surface area contributed by atoms with E-state index in [-0.39, 0.29) is 0 Å². The molecule has 0 radical (unpaired) electrons. The van der Waals surface area contributed by atoms with Crippen LogP contribution in [-0.4, -0.2) is 22.2 Å². The van der Waals surface area contributed by atoms with Crippen molar-refractivity contribution in [1.82, 2.24) is 4.98 Å². The van der Waals surface area contributed by atoms with Crippen molar-refractivity contribution < 1.29 is 14.6 Å². The largest absolute Gasteiger partial charge is 0.479 e. The second-order valence-corrected chi connectivity index (χ2v) is 6.49. The number of hydrogen-bond acceptors (Lipinski definition) is 3. The number of halogens is 1. The van der Waals surface area contributed by atoms with E-state index in [0.29, 0.717) is 5.75 Å². The van der Waals surface area contributed by atoms with Crippen molar-refractivity contribution in [3.63, 3.8) is 0 Å². The van der Waals surface area contributed by atoms with Gasteiger partial charge < -0.3 is 9.84 Å². The van der Waals surface area contributed by atoms with Crippen LogP contribution in [0.5, 0.6) is 5.75 Å². The lowest BCUT2D eigenvalue weighted by atomic mass is 10.1. The average molecular weight is 398 g/mol. The lowest BCUT2D eigenvalue weighted by Crippen LogP contribution is -2.22. The average Bonchev–Trinajstić information content (AvgIpc) is 2.59. The van der Waals surface area contributed by atoms with Gasteiger partial charge in [0.15, 0.2) is 6.10 Å². The molecule has 0 saturated heterocycles. The minimum atomic E-state index is -0.993. The van der Waals surface area contributed by atoms with Crippen LogP contribution in [0.2, 0.25) is 0 Å². The molecule has 0 saturated carbocycles. The molecule has 5 heteroatoms. The molecule has 0 bridgehead atoms. The van der Waals surface area contributed by atoms with Crippen LogP contribution in [0.4, 0.5) is 0 Å². The zero-order valence-corrected chi connectivity index (χ0v) is 15.1. The summed E-state index contributed by atoms with van der Waals surface area (Å²) in [5.41, 5.74) is 2.67. The molecule has 0 amide bonds. The fourth-order valence-electron chi connectivity index (χ4n) is 2.33. The van der Waals surface area contributed by atoms with E-state index in [4.69, 9.17) is 9.84 Å². The monoisotopic (exact) mass is 397 g/mol. The van der Waals surface area contributed by atoms with Gasteiger partial charge in [-0.15, -0.1) is 0 Å². The maximum Gasteiger partial charge on any atom is 0.344 e. The summed E-state index contributed by atoms with van der Waals surface area (Å²) in [6.45, 7) is 1.50. The van der Waals surface area contributed by atoms with Crippen molar-refractivity contribution in [1.29, 1.82) is 0 Å². The van der Waals surface area contributed by atoms with Gasteiger partial charge in [-0.2, -0.15) is 0 Å². The Morgan fingerprint density at radius 3 is 2.76 bits per heavy atom. The molecule has 4 nitrogen and oxygen atoms in total. The summed E-state index contributed by atoms with van der Waals surface area (Å²) in [4.78, 5) is 15.5. The first-order chi connectivity index (χ1) is 12.0. The molecule has 25 heavy (non-hydrogen) atoms. The summed E-state index contributed by atoms with van der Waals surface area (Å²) < 4.78 is 6.38. The quantitative estimate of drug-likeness (QED) is 0.656. The fraction of sp³-hybridized carbons (Fsp3) is 0.100. The molecule has 1 aromatic heterocycles. The molecule has 1 atom stereocenters. The molecule has 1 N–H and O–H groups in total. The van der Waals surface area contributed by atoms with Gasteiger partial charge in [-0.25, -0.2) is 9.78 Å². The van der Waals surface area contributed by atoms with Gasteiger partial charge in [0.05, 0.1) is 11.2 Å². The van der Waals surface area contributed by atoms with Crippen molar-refractivity contribution in [2.45, 2.75) is 13.0 Å². The number of hydrogen-bond donors (Lipinski definition) is 1. The minimum absolute atomic E-state index is 0.521. The van der Waals surface area contributed by atoms with E-state index in [1.807, 2.05) is 54.6 Å². The zero-order valence-electron chi connectivity index (χ0n) is 13.5. The molecule has 0 aliphatic heterocycles. The first-order valence-electron chi connectivity index (χ1n) is 7.75. The van der Waals surface area contributed by atoms with Gasteiger partial charge in [0.2, 0.25) is 0 Å². The number of fused-ring (bicyclic) bond motifs is 1. The molecule has 1 heterocycles. The van der Waals surface area contributed by atoms with Gasteiger partial charge in [-0.05, 0) is 48.9 Å². The predicted molar refractivity (Wildman–Crippen MR) is 103 cm³/mol. The van der Waals surface area contributed by atoms with E-state index < -0.39 is 12.1 Å². The SMILES string of the molecule is CC(Oc1cccc(C=Cc2ccc3ccc(Br)cc3n2)c1)C(=O)O. The molecule has 3 rings (SSSR count). The Bertz CT molecular complexity index is 953. The lowest BCUT2D eigenvalue weighted by molar-refractivity contribution is -0.144. The summed E-state index contributed by atoms with van der Waals surface area (Å²) in [5.74, 6) is -0.472. The van der Waals surface area contributed by atoms with E-state index in [0.717, 1.165) is 26.6 Å². The van der Waals surface area contributed by atoms with Crippen LogP contribution in [0.3, 0.4) is 0 Å². The summed E-state index contributed by atoms with van der Waals surface area (Å²) in [6.07, 6.45) is 2.95. The number of nitrogens with zero attached hydrogens (tertiary/aromatic N) is 1. The fourth-order valence-corrected chi connectivity index (χ4v) is 2.68. The van der Waals surface area contributed by atoms with Gasteiger partial charge >= 0.3 is 5.97 Å². The first kappa shape index (κ1) is 17.2. The van der Waals surface area contributed by atoms with Crippen molar-refractivity contribution in [3.8, 4) is 5.75 Å². The van der Waals surface area contributed by atoms with Crippen molar-refractivity contribution >= 4 is 45.0 Å². The highest BCUT2D eigenvalue weighted by atomic mass is 79.9. The van der Waals surface area contributed by atoms with Crippen LogP contribution in [0.25, 0.3) is 23.1 Å². The highest BCUT2D eigenvalue weighted by Crippen LogP contribution is 2.20. The van der Waals surface area contributed by atoms with Crippen molar-refractivity contribution in [2.75, 3.05) is 0 Å². The molecular weight excluding hydrogens is 382 g/mol. The third-order valence-electron chi connectivity index (χ3n) is 3.64. The third kappa shape index (κ3) is 4.45. The highest BCUT2D eigenvalue weighted by molar-refractivity contribution is 9.10. The van der Waals surface area contributed by atoms with Crippen molar-refractivity contribution in [3.05, 3.63) is 70.3 Å². The summed E-state index contributed by atoms with van der Waals surface area (Å²) in [5, 5.41) is 10.0. The van der Waals surface area contributed by atoms with Crippen LogP contribution in [0.15, 0.2) is 59.1 Å². The minimum Gasteiger partial charge on any atom is -0.479 e. The summed E-state index contributed by atoms with van der Waals surface area (Å²) >= 11 is 3.46. The number of benzene rings is 2. The number of rotatable bonds is 5. The van der Waals surface area contributed by atoms with E-state index in [9.17, 15) is 4.79 Å². The molecule has 0 aliphatic carbocycles. The van der Waals surface area contributed by atoms with Crippen LogP contribution >= 0.6 is 15.9 Å². The maximum absolute atomic E-state index is 10.9. The van der Waals surface area contributed by atoms with Crippen LogP contribution in [-0.2, 0) is 4.79 Å². The van der Waals surface area contributed by atoms with Gasteiger partial charge in [0.1, 0.15) is 5.75 Å². The maximum atomic E-state index is 10.9. The number of aromatic nitrogens is 1. The molecule has 2 aromatic carbocycles. The number of aliphatic carboxylic acids is 1. The molecule has 3 aromatic rings. The van der Waals surface area contributed by atoms with Gasteiger partial charge in [-0.3, -0.25) is 0 Å². The Hall–Kier alpha value is -2.66. The smallest absolute Gasteiger partial charge is 0.344 e. The Balaban J connectivity index is 1.81. The van der Waals surface area contributed by atoms with Crippen molar-refractivity contribution in [2.24, 2.45) is 0 Å². The van der Waals surface area contributed by atoms with Gasteiger partial charge in [0.25, 0.3) is 0 Å². The molecular formula is C20H16BrNO3. The summed E-state index contributed by atoms with van der Waals surface area (Å²) in [7, 11) is 0. The first-order valence-corrected chi connectivity index (χ1v) is 8.54. The molecule has 0 aliphatic rings. The van der Waals surface area contributed by atoms with Gasteiger partial charge in [-0.1, -0.05) is 46.3 Å². The second-order valence-electron chi connectivity index (χ2n) is 5.58. The number of carboxylic acids is 1. The predicted octanol–water partition coefficient (Wildman–Crippen LogP) is 5.02. The summed E-state index contributed by atoms with van der Waals surface area (Å²) in [6, 6.07) is 17.3. The Labute approximate surface area is 153 Å². The second kappa shape index (κ2) is 7.49. The molecule has 0 fully saturated rings. The number of carbonyl (C=O) groups is 1. The Kier molecular flexibility index (Phi) is 5.14. The van der Waals surface area contributed by atoms with E-state index in [1.165, 1.54) is 6.92 Å². The third-order valence-corrected chi connectivity index (χ3v) is 4.13. The van der Waals surface area contributed by atoms with E-state index in [2.05, 4.69) is 20.9 Å². The molecule has 1 unspecified atom stereocenters. The van der Waals surface area contributed by atoms with E-state index in [1.54, 1.807) is 12.1 Å². The highest BCUT2D eigenvalue weighted by Gasteiger charge is 2.12. The van der Waals surface area contributed by atoms with E-state index >= 15 is 0 Å². The van der Waals surface area contributed by atoms with Crippen LogP contribution < -0.4 is 4.74 Å². The standard InChI is InChI=1S/C20H16BrNO3/c1-13(20(23)24)25-18-4-2-3-14(11-18)5-9-17-10-7-15-6-8-16(21)12-19(15)22-17/h2-13H,1H3,(H,23,24). The zero-order chi connectivity index (χ0) is 17.8. The molecule has 126 valence electrons. The Morgan fingerprint density at radius 1 is 1.16 bits per heavy atom. The van der Waals surface area contributed by atoms with Gasteiger partial charge in [0, 0.05) is 9.86 Å². The Morgan fingerprint density at radius 2 is 1.96 bits per heavy atom. The topological polar surface area (TPSA) is 59.4 Å². The lowest BCUT2D eigenvalue weighted by Gasteiger charge is -2.10. The number of carboxylic acid groups (broad SMARTS) is 1. The number of ether oxygens (including phenoxy) is 1. The number of pyridine rings is 1. The molecule has 0 spiro atoms.